The van der Waals surface area contributed by atoms with E-state index >= 15 is 0 Å². The summed E-state index contributed by atoms with van der Waals surface area (Å²) in [5.74, 6) is 1.34. The third-order valence-electron chi connectivity index (χ3n) is 5.31. The lowest BCUT2D eigenvalue weighted by Gasteiger charge is -2.21. The summed E-state index contributed by atoms with van der Waals surface area (Å²) in [6.07, 6.45) is 5.44. The van der Waals surface area contributed by atoms with Gasteiger partial charge in [0.15, 0.2) is 5.96 Å². The number of hydrogen-bond donors (Lipinski definition) is 2. The van der Waals surface area contributed by atoms with Crippen LogP contribution in [0.2, 0.25) is 10.0 Å². The molecule has 0 spiro atoms. The molecule has 2 fully saturated rings. The lowest BCUT2D eigenvalue weighted by Crippen LogP contribution is -2.45. The van der Waals surface area contributed by atoms with E-state index in [2.05, 4.69) is 15.6 Å². The van der Waals surface area contributed by atoms with E-state index < -0.39 is 0 Å². The number of hydrogen-bond acceptors (Lipinski definition) is 2. The van der Waals surface area contributed by atoms with Crippen molar-refractivity contribution in [1.82, 2.24) is 15.5 Å². The topological polar surface area (TPSA) is 56.7 Å². The summed E-state index contributed by atoms with van der Waals surface area (Å²) in [5.41, 5.74) is 0.933. The first-order valence-corrected chi connectivity index (χ1v) is 10.6. The first-order valence-electron chi connectivity index (χ1n) is 9.84. The third-order valence-corrected chi connectivity index (χ3v) is 5.90. The highest BCUT2D eigenvalue weighted by molar-refractivity contribution is 6.35. The molecule has 1 aliphatic heterocycles. The van der Waals surface area contributed by atoms with Crippen molar-refractivity contribution >= 4 is 35.1 Å². The van der Waals surface area contributed by atoms with E-state index in [0.717, 1.165) is 50.4 Å². The number of aliphatic imine (C=N–C) groups is 1. The lowest BCUT2D eigenvalue weighted by atomic mass is 10.1. The summed E-state index contributed by atoms with van der Waals surface area (Å²) < 4.78 is 0. The molecule has 148 valence electrons. The Hall–Kier alpha value is -1.46. The third kappa shape index (κ3) is 5.52. The number of nitrogens with one attached hydrogen (secondary N) is 2. The van der Waals surface area contributed by atoms with Gasteiger partial charge in [-0.3, -0.25) is 4.79 Å². The van der Waals surface area contributed by atoms with Gasteiger partial charge >= 0.3 is 0 Å². The molecule has 1 aromatic carbocycles. The number of carbonyl (C=O) groups is 1. The van der Waals surface area contributed by atoms with Gasteiger partial charge in [0.25, 0.3) is 0 Å². The van der Waals surface area contributed by atoms with Crippen molar-refractivity contribution in [3.8, 4) is 0 Å². The summed E-state index contributed by atoms with van der Waals surface area (Å²) >= 11 is 12.2. The van der Waals surface area contributed by atoms with Gasteiger partial charge in [-0.25, -0.2) is 4.99 Å². The molecule has 1 amide bonds. The maximum absolute atomic E-state index is 12.6. The Kier molecular flexibility index (Phi) is 7.25. The molecule has 1 saturated heterocycles. The van der Waals surface area contributed by atoms with Gasteiger partial charge in [0, 0.05) is 41.6 Å². The molecular formula is C20H28Cl2N4O. The molecule has 1 heterocycles. The number of halogens is 2. The molecule has 1 atom stereocenters. The van der Waals surface area contributed by atoms with Gasteiger partial charge in [-0.2, -0.15) is 0 Å². The molecular weight excluding hydrogens is 383 g/mol. The average molecular weight is 411 g/mol. The first-order chi connectivity index (χ1) is 13.1. The highest BCUT2D eigenvalue weighted by Gasteiger charge is 2.32. The molecule has 27 heavy (non-hydrogen) atoms. The number of likely N-dealkylation sites (tertiary alicyclic amines) is 1. The van der Waals surface area contributed by atoms with Crippen molar-refractivity contribution in [3.63, 3.8) is 0 Å². The lowest BCUT2D eigenvalue weighted by molar-refractivity contribution is -0.134. The normalized spacial score (nSPS) is 20.9. The highest BCUT2D eigenvalue weighted by atomic mass is 35.5. The summed E-state index contributed by atoms with van der Waals surface area (Å²) in [4.78, 5) is 19.3. The maximum Gasteiger partial charge on any atom is 0.225 e. The van der Waals surface area contributed by atoms with Crippen molar-refractivity contribution in [2.75, 3.05) is 19.6 Å². The quantitative estimate of drug-likeness (QED) is 0.572. The van der Waals surface area contributed by atoms with Gasteiger partial charge < -0.3 is 15.5 Å². The van der Waals surface area contributed by atoms with Crippen molar-refractivity contribution in [2.24, 2.45) is 10.9 Å². The smallest absolute Gasteiger partial charge is 0.225 e. The zero-order chi connectivity index (χ0) is 19.2. The Morgan fingerprint density at radius 3 is 2.74 bits per heavy atom. The van der Waals surface area contributed by atoms with Gasteiger partial charge in [-0.1, -0.05) is 42.1 Å². The zero-order valence-corrected chi connectivity index (χ0v) is 17.3. The van der Waals surface area contributed by atoms with Crippen LogP contribution in [0.25, 0.3) is 0 Å². The molecule has 2 N–H and O–H groups in total. The Labute approximate surface area is 171 Å². The monoisotopic (exact) mass is 410 g/mol. The SMILES string of the molecule is CCNC(=NCc1ccc(Cl)cc1Cl)NC1CCN(C(=O)C2CCCC2)C1. The predicted octanol–water partition coefficient (Wildman–Crippen LogP) is 3.84. The Morgan fingerprint density at radius 1 is 1.26 bits per heavy atom. The molecule has 1 unspecified atom stereocenters. The molecule has 2 aliphatic rings. The van der Waals surface area contributed by atoms with Crippen LogP contribution in [0.5, 0.6) is 0 Å². The molecule has 0 aromatic heterocycles. The van der Waals surface area contributed by atoms with Crippen LogP contribution in [0, 0.1) is 5.92 Å². The average Bonchev–Trinajstić information content (AvgIpc) is 3.32. The van der Waals surface area contributed by atoms with Gasteiger partial charge in [-0.15, -0.1) is 0 Å². The Bertz CT molecular complexity index is 689. The second-order valence-corrected chi connectivity index (χ2v) is 8.17. The number of carbonyl (C=O) groups excluding carboxylic acids is 1. The van der Waals surface area contributed by atoms with E-state index in [1.165, 1.54) is 12.8 Å². The van der Waals surface area contributed by atoms with Crippen molar-refractivity contribution < 1.29 is 4.79 Å². The minimum atomic E-state index is 0.230. The minimum absolute atomic E-state index is 0.230. The zero-order valence-electron chi connectivity index (χ0n) is 15.8. The molecule has 7 heteroatoms. The Balaban J connectivity index is 1.56. The van der Waals surface area contributed by atoms with Crippen LogP contribution in [-0.4, -0.2) is 42.4 Å². The fourth-order valence-corrected chi connectivity index (χ4v) is 4.30. The van der Waals surface area contributed by atoms with Crippen LogP contribution in [0.15, 0.2) is 23.2 Å². The number of guanidine groups is 1. The largest absolute Gasteiger partial charge is 0.357 e. The molecule has 0 bridgehead atoms. The fourth-order valence-electron chi connectivity index (χ4n) is 3.84. The van der Waals surface area contributed by atoms with Crippen molar-refractivity contribution in [2.45, 2.75) is 51.6 Å². The summed E-state index contributed by atoms with van der Waals surface area (Å²) in [6.45, 7) is 4.87. The van der Waals surface area contributed by atoms with Crippen LogP contribution in [0.4, 0.5) is 0 Å². The van der Waals surface area contributed by atoms with Crippen LogP contribution in [-0.2, 0) is 11.3 Å². The summed E-state index contributed by atoms with van der Waals surface area (Å²) in [5, 5.41) is 7.99. The second kappa shape index (κ2) is 9.65. The maximum atomic E-state index is 12.6. The van der Waals surface area contributed by atoms with Crippen LogP contribution in [0.1, 0.15) is 44.6 Å². The van der Waals surface area contributed by atoms with Crippen LogP contribution in [0.3, 0.4) is 0 Å². The van der Waals surface area contributed by atoms with Gasteiger partial charge in [-0.05, 0) is 43.9 Å². The van der Waals surface area contributed by atoms with Crippen molar-refractivity contribution in [1.29, 1.82) is 0 Å². The van der Waals surface area contributed by atoms with Crippen molar-refractivity contribution in [3.05, 3.63) is 33.8 Å². The minimum Gasteiger partial charge on any atom is -0.357 e. The van der Waals surface area contributed by atoms with E-state index in [4.69, 9.17) is 23.2 Å². The summed E-state index contributed by atoms with van der Waals surface area (Å²) in [7, 11) is 0. The number of benzene rings is 1. The highest BCUT2D eigenvalue weighted by Crippen LogP contribution is 2.28. The Morgan fingerprint density at radius 2 is 2.04 bits per heavy atom. The van der Waals surface area contributed by atoms with Gasteiger partial charge in [0.1, 0.15) is 0 Å². The molecule has 5 nitrogen and oxygen atoms in total. The van der Waals surface area contributed by atoms with Crippen LogP contribution >= 0.6 is 23.2 Å². The predicted molar refractivity (Wildman–Crippen MR) is 111 cm³/mol. The molecule has 0 radical (unpaired) electrons. The van der Waals surface area contributed by atoms with Crippen LogP contribution < -0.4 is 10.6 Å². The number of nitrogens with zero attached hydrogens (tertiary/aromatic N) is 2. The summed E-state index contributed by atoms with van der Waals surface area (Å²) in [6, 6.07) is 5.68. The standard InChI is InChI=1S/C20H28Cl2N4O/c1-2-23-20(24-12-15-7-8-16(21)11-18(15)22)25-17-9-10-26(13-17)19(27)14-5-3-4-6-14/h7-8,11,14,17H,2-6,9-10,12-13H2,1H3,(H2,23,24,25). The fraction of sp³-hybridized carbons (Fsp3) is 0.600. The second-order valence-electron chi connectivity index (χ2n) is 7.33. The van der Waals surface area contributed by atoms with E-state index in [0.29, 0.717) is 22.5 Å². The van der Waals surface area contributed by atoms with E-state index in [1.807, 2.05) is 24.0 Å². The van der Waals surface area contributed by atoms with E-state index in [9.17, 15) is 4.79 Å². The van der Waals surface area contributed by atoms with E-state index in [1.54, 1.807) is 6.07 Å². The van der Waals surface area contributed by atoms with E-state index in [-0.39, 0.29) is 12.0 Å². The number of rotatable bonds is 5. The molecule has 1 aliphatic carbocycles. The van der Waals surface area contributed by atoms with Gasteiger partial charge in [0.05, 0.1) is 6.54 Å². The molecule has 1 aromatic rings. The first kappa shape index (κ1) is 20.3. The molecule has 3 rings (SSSR count). The number of amides is 1. The van der Waals surface area contributed by atoms with Gasteiger partial charge in [0.2, 0.25) is 5.91 Å². The molecule has 1 saturated carbocycles.